The number of nitrogens with zero attached hydrogens (tertiary/aromatic N) is 2. The maximum atomic E-state index is 14.3. The summed E-state index contributed by atoms with van der Waals surface area (Å²) in [5.74, 6) is -0.925. The van der Waals surface area contributed by atoms with Gasteiger partial charge in [0.25, 0.3) is 11.8 Å². The molecule has 1 aromatic carbocycles. The molecule has 2 unspecified atom stereocenters. The third-order valence-electron chi connectivity index (χ3n) is 8.48. The molecule has 0 bridgehead atoms. The Hall–Kier alpha value is -2.98. The maximum Gasteiger partial charge on any atom is 0.273 e. The van der Waals surface area contributed by atoms with E-state index in [0.29, 0.717) is 13.2 Å². The first kappa shape index (κ1) is 28.5. The molecule has 2 aromatic rings. The van der Waals surface area contributed by atoms with Gasteiger partial charge in [-0.3, -0.25) is 14.4 Å². The quantitative estimate of drug-likeness (QED) is 0.409. The van der Waals surface area contributed by atoms with Gasteiger partial charge in [-0.25, -0.2) is 0 Å². The van der Waals surface area contributed by atoms with Crippen LogP contribution < -0.4 is 16.4 Å². The van der Waals surface area contributed by atoms with Gasteiger partial charge in [0.15, 0.2) is 5.69 Å². The summed E-state index contributed by atoms with van der Waals surface area (Å²) in [7, 11) is 0. The van der Waals surface area contributed by atoms with Crippen LogP contribution in [0, 0.1) is 6.92 Å². The molecule has 1 saturated heterocycles. The zero-order chi connectivity index (χ0) is 28.1. The Labute approximate surface area is 240 Å². The summed E-state index contributed by atoms with van der Waals surface area (Å²) in [6.45, 7) is 3.10. The lowest BCUT2D eigenvalue weighted by Gasteiger charge is -2.36. The van der Waals surface area contributed by atoms with Crippen molar-refractivity contribution in [2.45, 2.75) is 102 Å². The zero-order valence-electron chi connectivity index (χ0n) is 23.3. The Bertz CT molecular complexity index is 1180. The monoisotopic (exact) mass is 567 g/mol. The molecule has 216 valence electrons. The molecule has 3 fully saturated rings. The summed E-state index contributed by atoms with van der Waals surface area (Å²) < 4.78 is 10.0. The van der Waals surface area contributed by atoms with Crippen LogP contribution in [0.3, 0.4) is 0 Å². The van der Waals surface area contributed by atoms with E-state index in [9.17, 15) is 14.4 Å². The molecule has 3 aliphatic rings. The van der Waals surface area contributed by atoms with Gasteiger partial charge >= 0.3 is 0 Å². The van der Waals surface area contributed by atoms with E-state index < -0.39 is 6.04 Å². The largest absolute Gasteiger partial charge is 0.395 e. The summed E-state index contributed by atoms with van der Waals surface area (Å²) in [6, 6.07) is 6.91. The van der Waals surface area contributed by atoms with Gasteiger partial charge in [0.2, 0.25) is 5.91 Å². The lowest BCUT2D eigenvalue weighted by molar-refractivity contribution is -0.127. The molecule has 5 rings (SSSR count). The van der Waals surface area contributed by atoms with Crippen molar-refractivity contribution in [3.63, 3.8) is 0 Å². The number of nitrogen functional groups attached to an aromatic ring is 1. The molecule has 2 saturated carbocycles. The van der Waals surface area contributed by atoms with Crippen LogP contribution in [0.2, 0.25) is 0 Å². The molecule has 40 heavy (non-hydrogen) atoms. The van der Waals surface area contributed by atoms with Gasteiger partial charge in [0, 0.05) is 25.2 Å². The number of carbonyl (C=O) groups excluding carboxylic acids is 3. The van der Waals surface area contributed by atoms with Crippen LogP contribution in [0.4, 0.5) is 5.69 Å². The number of ether oxygens (including phenoxy) is 1. The number of amides is 3. The molecule has 1 aliphatic heterocycles. The van der Waals surface area contributed by atoms with E-state index in [1.165, 1.54) is 6.42 Å². The molecule has 0 spiro atoms. The van der Waals surface area contributed by atoms with Crippen molar-refractivity contribution in [1.82, 2.24) is 19.9 Å². The highest BCUT2D eigenvalue weighted by Crippen LogP contribution is 2.36. The first-order chi connectivity index (χ1) is 19.4. The summed E-state index contributed by atoms with van der Waals surface area (Å²) >= 11 is 0.944. The van der Waals surface area contributed by atoms with Gasteiger partial charge in [-0.1, -0.05) is 61.9 Å². The van der Waals surface area contributed by atoms with E-state index in [4.69, 9.17) is 10.5 Å². The normalized spacial score (nSPS) is 20.8. The third kappa shape index (κ3) is 6.49. The number of nitrogens with one attached hydrogen (secondary N) is 2. The van der Waals surface area contributed by atoms with Crippen molar-refractivity contribution >= 4 is 34.9 Å². The van der Waals surface area contributed by atoms with E-state index in [-0.39, 0.29) is 52.2 Å². The van der Waals surface area contributed by atoms with E-state index >= 15 is 0 Å². The lowest BCUT2D eigenvalue weighted by Crippen LogP contribution is -2.49. The molecule has 10 heteroatoms. The van der Waals surface area contributed by atoms with Crippen LogP contribution in [-0.2, 0) is 9.53 Å². The average molecular weight is 568 g/mol. The summed E-state index contributed by atoms with van der Waals surface area (Å²) in [6.07, 6.45) is 10.7. The summed E-state index contributed by atoms with van der Waals surface area (Å²) in [5.41, 5.74) is 8.45. The molecule has 2 aliphatic carbocycles. The van der Waals surface area contributed by atoms with Crippen LogP contribution in [-0.4, -0.2) is 58.3 Å². The van der Waals surface area contributed by atoms with Crippen molar-refractivity contribution in [2.75, 3.05) is 18.9 Å². The molecular formula is C30H41N5O4S. The minimum absolute atomic E-state index is 0.0133. The molecular weight excluding hydrogens is 526 g/mol. The Morgan fingerprint density at radius 3 is 2.40 bits per heavy atom. The summed E-state index contributed by atoms with van der Waals surface area (Å²) in [4.78, 5) is 43.1. The number of benzene rings is 1. The Balaban J connectivity index is 1.43. The molecule has 2 atom stereocenters. The van der Waals surface area contributed by atoms with Gasteiger partial charge in [-0.05, 0) is 62.5 Å². The second-order valence-electron chi connectivity index (χ2n) is 11.4. The van der Waals surface area contributed by atoms with Crippen LogP contribution >= 0.6 is 11.5 Å². The smallest absolute Gasteiger partial charge is 0.273 e. The third-order valence-corrected chi connectivity index (χ3v) is 9.33. The first-order valence-electron chi connectivity index (χ1n) is 14.8. The predicted molar refractivity (Wildman–Crippen MR) is 155 cm³/mol. The highest BCUT2D eigenvalue weighted by atomic mass is 32.1. The second-order valence-corrected chi connectivity index (χ2v) is 12.2. The number of hydrogen-bond donors (Lipinski definition) is 3. The number of rotatable bonds is 9. The van der Waals surface area contributed by atoms with Crippen molar-refractivity contribution in [1.29, 1.82) is 0 Å². The predicted octanol–water partition coefficient (Wildman–Crippen LogP) is 4.52. The lowest BCUT2D eigenvalue weighted by atomic mass is 9.95. The fraction of sp³-hybridized carbons (Fsp3) is 0.600. The number of aryl methyl sites for hydroxylation is 1. The Kier molecular flexibility index (Phi) is 9.36. The van der Waals surface area contributed by atoms with Gasteiger partial charge in [0.1, 0.15) is 10.9 Å². The average Bonchev–Trinajstić information content (AvgIpc) is 3.74. The minimum Gasteiger partial charge on any atom is -0.395 e. The SMILES string of the molecule is Cc1ccc(C(C(=O)NCC2CCCO2)N(C(=O)c2snc(C(=O)NC3CCCCC3)c2N)C2CCCC2)cc1. The standard InChI is InChI=1S/C30H41N5O4S/c1-19-13-15-20(16-14-19)26(29(37)32-18-23-12-7-17-39-23)35(22-10-5-6-11-22)30(38)27-24(31)25(34-40-27)28(36)33-21-8-3-2-4-9-21/h13-16,21-23,26H,2-12,17-18,31H2,1H3,(H,32,37)(H,33,36). The van der Waals surface area contributed by atoms with Gasteiger partial charge < -0.3 is 26.0 Å². The fourth-order valence-corrected chi connectivity index (χ4v) is 6.96. The van der Waals surface area contributed by atoms with Gasteiger partial charge in [-0.2, -0.15) is 4.37 Å². The van der Waals surface area contributed by atoms with Crippen LogP contribution in [0.5, 0.6) is 0 Å². The van der Waals surface area contributed by atoms with Crippen molar-refractivity contribution in [3.8, 4) is 0 Å². The molecule has 9 nitrogen and oxygen atoms in total. The van der Waals surface area contributed by atoms with E-state index in [1.54, 1.807) is 4.90 Å². The maximum absolute atomic E-state index is 14.3. The fourth-order valence-electron chi connectivity index (χ4n) is 6.21. The molecule has 4 N–H and O–H groups in total. The molecule has 3 amide bonds. The Morgan fingerprint density at radius 1 is 1.02 bits per heavy atom. The van der Waals surface area contributed by atoms with Crippen LogP contribution in [0.1, 0.15) is 108 Å². The molecule has 1 aromatic heterocycles. The highest BCUT2D eigenvalue weighted by Gasteiger charge is 2.40. The van der Waals surface area contributed by atoms with Crippen molar-refractivity contribution in [3.05, 3.63) is 46.0 Å². The number of carbonyl (C=O) groups is 3. The van der Waals surface area contributed by atoms with E-state index in [1.807, 2.05) is 31.2 Å². The van der Waals surface area contributed by atoms with Gasteiger partial charge in [0.05, 0.1) is 11.8 Å². The number of nitrogens with two attached hydrogens (primary N) is 1. The van der Waals surface area contributed by atoms with Crippen molar-refractivity contribution < 1.29 is 19.1 Å². The zero-order valence-corrected chi connectivity index (χ0v) is 24.1. The minimum atomic E-state index is -0.835. The second kappa shape index (κ2) is 13.1. The number of anilines is 1. The highest BCUT2D eigenvalue weighted by molar-refractivity contribution is 7.09. The summed E-state index contributed by atoms with van der Waals surface area (Å²) in [5, 5.41) is 6.12. The van der Waals surface area contributed by atoms with Crippen LogP contribution in [0.25, 0.3) is 0 Å². The molecule has 0 radical (unpaired) electrons. The van der Waals surface area contributed by atoms with E-state index in [0.717, 1.165) is 86.9 Å². The van der Waals surface area contributed by atoms with Crippen LogP contribution in [0.15, 0.2) is 24.3 Å². The number of hydrogen-bond acceptors (Lipinski definition) is 7. The number of aromatic nitrogens is 1. The van der Waals surface area contributed by atoms with Gasteiger partial charge in [-0.15, -0.1) is 0 Å². The first-order valence-corrected chi connectivity index (χ1v) is 15.5. The Morgan fingerprint density at radius 2 is 1.73 bits per heavy atom. The van der Waals surface area contributed by atoms with Crippen molar-refractivity contribution in [2.24, 2.45) is 0 Å². The topological polar surface area (TPSA) is 127 Å². The van der Waals surface area contributed by atoms with E-state index in [2.05, 4.69) is 15.0 Å². The molecule has 2 heterocycles.